The Morgan fingerprint density at radius 2 is 1.94 bits per heavy atom. The highest BCUT2D eigenvalue weighted by molar-refractivity contribution is 5.43. The predicted octanol–water partition coefficient (Wildman–Crippen LogP) is 1.75. The molecule has 4 nitrogen and oxygen atoms in total. The summed E-state index contributed by atoms with van der Waals surface area (Å²) in [6, 6.07) is 4.54. The average molecular weight is 250 g/mol. The number of nitrogens with one attached hydrogen (secondary N) is 1. The van der Waals surface area contributed by atoms with Crippen LogP contribution in [0.1, 0.15) is 25.1 Å². The van der Waals surface area contributed by atoms with Crippen molar-refractivity contribution < 1.29 is 0 Å². The van der Waals surface area contributed by atoms with Crippen molar-refractivity contribution in [2.45, 2.75) is 19.4 Å². The summed E-state index contributed by atoms with van der Waals surface area (Å²) in [5, 5.41) is 3.20. The highest BCUT2D eigenvalue weighted by Crippen LogP contribution is 2.15. The van der Waals surface area contributed by atoms with E-state index >= 15 is 0 Å². The van der Waals surface area contributed by atoms with Crippen molar-refractivity contribution in [3.63, 3.8) is 0 Å². The van der Waals surface area contributed by atoms with Gasteiger partial charge in [0.15, 0.2) is 0 Å². The van der Waals surface area contributed by atoms with Gasteiger partial charge in [0.1, 0.15) is 0 Å². The SMILES string of the molecule is CNC(C)c1ccc(N(C)CCCN(C)C)cn1. The van der Waals surface area contributed by atoms with Gasteiger partial charge in [-0.25, -0.2) is 0 Å². The van der Waals surface area contributed by atoms with Gasteiger partial charge in [0.25, 0.3) is 0 Å². The van der Waals surface area contributed by atoms with Crippen molar-refractivity contribution in [2.75, 3.05) is 46.2 Å². The van der Waals surface area contributed by atoms with Crippen LogP contribution in [0.2, 0.25) is 0 Å². The molecule has 0 aliphatic heterocycles. The summed E-state index contributed by atoms with van der Waals surface area (Å²) in [5.74, 6) is 0. The van der Waals surface area contributed by atoms with Crippen LogP contribution in [0, 0.1) is 0 Å². The first kappa shape index (κ1) is 14.9. The third-order valence-corrected chi connectivity index (χ3v) is 3.19. The third kappa shape index (κ3) is 4.63. The van der Waals surface area contributed by atoms with Crippen LogP contribution < -0.4 is 10.2 Å². The van der Waals surface area contributed by atoms with Gasteiger partial charge < -0.3 is 15.1 Å². The van der Waals surface area contributed by atoms with Crippen molar-refractivity contribution in [2.24, 2.45) is 0 Å². The minimum atomic E-state index is 0.304. The van der Waals surface area contributed by atoms with E-state index < -0.39 is 0 Å². The van der Waals surface area contributed by atoms with E-state index in [2.05, 4.69) is 60.3 Å². The van der Waals surface area contributed by atoms with Gasteiger partial charge in [0.2, 0.25) is 0 Å². The number of hydrogen-bond acceptors (Lipinski definition) is 4. The molecule has 0 saturated heterocycles. The highest BCUT2D eigenvalue weighted by atomic mass is 15.1. The molecule has 0 fully saturated rings. The van der Waals surface area contributed by atoms with E-state index in [1.807, 2.05) is 13.2 Å². The molecule has 0 saturated carbocycles. The van der Waals surface area contributed by atoms with Crippen LogP contribution in [-0.4, -0.2) is 51.2 Å². The smallest absolute Gasteiger partial charge is 0.0571 e. The van der Waals surface area contributed by atoms with Gasteiger partial charge in [-0.1, -0.05) is 0 Å². The zero-order chi connectivity index (χ0) is 13.5. The van der Waals surface area contributed by atoms with Crippen molar-refractivity contribution in [1.82, 2.24) is 15.2 Å². The summed E-state index contributed by atoms with van der Waals surface area (Å²) < 4.78 is 0. The van der Waals surface area contributed by atoms with E-state index in [-0.39, 0.29) is 0 Å². The zero-order valence-corrected chi connectivity index (χ0v) is 12.3. The molecule has 0 aliphatic carbocycles. The molecule has 18 heavy (non-hydrogen) atoms. The Hall–Kier alpha value is -1.13. The summed E-state index contributed by atoms with van der Waals surface area (Å²) in [4.78, 5) is 8.97. The monoisotopic (exact) mass is 250 g/mol. The first-order chi connectivity index (χ1) is 8.54. The van der Waals surface area contributed by atoms with Crippen molar-refractivity contribution in [3.8, 4) is 0 Å². The molecular weight excluding hydrogens is 224 g/mol. The first-order valence-electron chi connectivity index (χ1n) is 6.53. The van der Waals surface area contributed by atoms with Crippen LogP contribution in [0.5, 0.6) is 0 Å². The molecule has 1 N–H and O–H groups in total. The maximum atomic E-state index is 4.50. The number of aromatic nitrogens is 1. The number of nitrogens with zero attached hydrogens (tertiary/aromatic N) is 3. The number of pyridine rings is 1. The highest BCUT2D eigenvalue weighted by Gasteiger charge is 2.05. The second-order valence-electron chi connectivity index (χ2n) is 5.03. The molecule has 1 aromatic heterocycles. The molecule has 1 atom stereocenters. The molecule has 1 heterocycles. The molecule has 0 spiro atoms. The standard InChI is InChI=1S/C14H26N4/c1-12(15-2)14-8-7-13(11-16-14)18(5)10-6-9-17(3)4/h7-8,11-12,15H,6,9-10H2,1-5H3. The molecular formula is C14H26N4. The molecule has 0 bridgehead atoms. The minimum absolute atomic E-state index is 0.304. The molecule has 0 aromatic carbocycles. The fourth-order valence-electron chi connectivity index (χ4n) is 1.78. The molecule has 1 rings (SSSR count). The van der Waals surface area contributed by atoms with E-state index in [9.17, 15) is 0 Å². The van der Waals surface area contributed by atoms with E-state index in [1.54, 1.807) is 0 Å². The number of rotatable bonds is 7. The third-order valence-electron chi connectivity index (χ3n) is 3.19. The van der Waals surface area contributed by atoms with Gasteiger partial charge in [-0.05, 0) is 53.2 Å². The molecule has 0 amide bonds. The van der Waals surface area contributed by atoms with Gasteiger partial charge >= 0.3 is 0 Å². The van der Waals surface area contributed by atoms with Crippen LogP contribution in [0.3, 0.4) is 0 Å². The maximum Gasteiger partial charge on any atom is 0.0571 e. The summed E-state index contributed by atoms with van der Waals surface area (Å²) in [5.41, 5.74) is 2.27. The fraction of sp³-hybridized carbons (Fsp3) is 0.643. The molecule has 0 radical (unpaired) electrons. The first-order valence-corrected chi connectivity index (χ1v) is 6.53. The van der Waals surface area contributed by atoms with E-state index in [1.165, 1.54) is 5.69 Å². The molecule has 4 heteroatoms. The second-order valence-corrected chi connectivity index (χ2v) is 5.03. The Morgan fingerprint density at radius 3 is 2.44 bits per heavy atom. The van der Waals surface area contributed by atoms with Crippen molar-refractivity contribution in [3.05, 3.63) is 24.0 Å². The molecule has 1 unspecified atom stereocenters. The van der Waals surface area contributed by atoms with Gasteiger partial charge in [0, 0.05) is 19.6 Å². The minimum Gasteiger partial charge on any atom is -0.373 e. The maximum absolute atomic E-state index is 4.50. The average Bonchev–Trinajstić information content (AvgIpc) is 2.37. The summed E-state index contributed by atoms with van der Waals surface area (Å²) in [7, 11) is 8.28. The van der Waals surface area contributed by atoms with Crippen LogP contribution in [0.4, 0.5) is 5.69 Å². The van der Waals surface area contributed by atoms with Crippen LogP contribution in [-0.2, 0) is 0 Å². The Labute approximate surface area is 111 Å². The fourth-order valence-corrected chi connectivity index (χ4v) is 1.78. The second kappa shape index (κ2) is 7.34. The Bertz CT molecular complexity index is 334. The Balaban J connectivity index is 2.51. The van der Waals surface area contributed by atoms with Crippen LogP contribution >= 0.6 is 0 Å². The largest absolute Gasteiger partial charge is 0.373 e. The van der Waals surface area contributed by atoms with Crippen LogP contribution in [0.25, 0.3) is 0 Å². The van der Waals surface area contributed by atoms with Crippen molar-refractivity contribution in [1.29, 1.82) is 0 Å². The zero-order valence-electron chi connectivity index (χ0n) is 12.3. The Morgan fingerprint density at radius 1 is 1.22 bits per heavy atom. The van der Waals surface area contributed by atoms with Gasteiger partial charge in [0.05, 0.1) is 17.6 Å². The van der Waals surface area contributed by atoms with Gasteiger partial charge in [-0.15, -0.1) is 0 Å². The summed E-state index contributed by atoms with van der Waals surface area (Å²) in [6.45, 7) is 4.29. The van der Waals surface area contributed by atoms with E-state index in [0.29, 0.717) is 6.04 Å². The van der Waals surface area contributed by atoms with E-state index in [0.717, 1.165) is 25.2 Å². The lowest BCUT2D eigenvalue weighted by atomic mass is 10.2. The number of anilines is 1. The van der Waals surface area contributed by atoms with E-state index in [4.69, 9.17) is 0 Å². The molecule has 102 valence electrons. The lowest BCUT2D eigenvalue weighted by molar-refractivity contribution is 0.401. The van der Waals surface area contributed by atoms with Gasteiger partial charge in [-0.2, -0.15) is 0 Å². The normalized spacial score (nSPS) is 12.8. The topological polar surface area (TPSA) is 31.4 Å². The Kier molecular flexibility index (Phi) is 6.09. The number of hydrogen-bond donors (Lipinski definition) is 1. The molecule has 1 aromatic rings. The van der Waals surface area contributed by atoms with Crippen LogP contribution in [0.15, 0.2) is 18.3 Å². The predicted molar refractivity (Wildman–Crippen MR) is 78.2 cm³/mol. The lowest BCUT2D eigenvalue weighted by Gasteiger charge is -2.20. The lowest BCUT2D eigenvalue weighted by Crippen LogP contribution is -2.23. The van der Waals surface area contributed by atoms with Gasteiger partial charge in [-0.3, -0.25) is 4.98 Å². The quantitative estimate of drug-likeness (QED) is 0.799. The molecule has 0 aliphatic rings. The summed E-state index contributed by atoms with van der Waals surface area (Å²) in [6.07, 6.45) is 3.12. The summed E-state index contributed by atoms with van der Waals surface area (Å²) >= 11 is 0. The van der Waals surface area contributed by atoms with Crippen molar-refractivity contribution >= 4 is 5.69 Å².